The molecule has 1 amide bonds. The van der Waals surface area contributed by atoms with Gasteiger partial charge in [-0.05, 0) is 18.6 Å². The smallest absolute Gasteiger partial charge is 0.256 e. The van der Waals surface area contributed by atoms with Crippen LogP contribution in [-0.2, 0) is 0 Å². The SMILES string of the molecule is CCCCN(CCO)C(=O)c1c(Cl)cccc1Cl. The van der Waals surface area contributed by atoms with Crippen molar-refractivity contribution in [2.75, 3.05) is 19.7 Å². The number of aliphatic hydroxyl groups excluding tert-OH is 1. The summed E-state index contributed by atoms with van der Waals surface area (Å²) in [7, 11) is 0. The lowest BCUT2D eigenvalue weighted by Gasteiger charge is -2.22. The zero-order valence-corrected chi connectivity index (χ0v) is 11.8. The molecule has 0 spiro atoms. The van der Waals surface area contributed by atoms with E-state index >= 15 is 0 Å². The first kappa shape index (κ1) is 15.3. The van der Waals surface area contributed by atoms with Gasteiger partial charge >= 0.3 is 0 Å². The molecule has 0 radical (unpaired) electrons. The second-order valence-electron chi connectivity index (χ2n) is 3.97. The molecule has 3 nitrogen and oxygen atoms in total. The van der Waals surface area contributed by atoms with Crippen LogP contribution in [0, 0.1) is 0 Å². The number of benzene rings is 1. The van der Waals surface area contributed by atoms with E-state index in [1.165, 1.54) is 0 Å². The van der Waals surface area contributed by atoms with E-state index in [1.807, 2.05) is 6.92 Å². The predicted molar refractivity (Wildman–Crippen MR) is 74.4 cm³/mol. The lowest BCUT2D eigenvalue weighted by atomic mass is 10.2. The van der Waals surface area contributed by atoms with Crippen LogP contribution in [0.15, 0.2) is 18.2 Å². The van der Waals surface area contributed by atoms with Crippen molar-refractivity contribution in [3.63, 3.8) is 0 Å². The van der Waals surface area contributed by atoms with Crippen LogP contribution in [0.25, 0.3) is 0 Å². The number of nitrogens with zero attached hydrogens (tertiary/aromatic N) is 1. The van der Waals surface area contributed by atoms with Crippen molar-refractivity contribution in [1.82, 2.24) is 4.90 Å². The monoisotopic (exact) mass is 289 g/mol. The highest BCUT2D eigenvalue weighted by Gasteiger charge is 2.20. The summed E-state index contributed by atoms with van der Waals surface area (Å²) < 4.78 is 0. The largest absolute Gasteiger partial charge is 0.395 e. The van der Waals surface area contributed by atoms with Gasteiger partial charge in [-0.1, -0.05) is 42.6 Å². The van der Waals surface area contributed by atoms with Gasteiger partial charge in [0.25, 0.3) is 5.91 Å². The maximum atomic E-state index is 12.3. The van der Waals surface area contributed by atoms with Crippen LogP contribution in [0.5, 0.6) is 0 Å². The molecule has 0 aliphatic carbocycles. The second-order valence-corrected chi connectivity index (χ2v) is 4.78. The van der Waals surface area contributed by atoms with E-state index in [0.29, 0.717) is 28.7 Å². The van der Waals surface area contributed by atoms with Gasteiger partial charge in [0.2, 0.25) is 0 Å². The molecule has 1 rings (SSSR count). The third-order valence-electron chi connectivity index (χ3n) is 2.62. The fourth-order valence-corrected chi connectivity index (χ4v) is 2.20. The second kappa shape index (κ2) is 7.62. The Kier molecular flexibility index (Phi) is 6.47. The van der Waals surface area contributed by atoms with E-state index in [1.54, 1.807) is 23.1 Å². The Balaban J connectivity index is 2.94. The average molecular weight is 290 g/mol. The number of hydrogen-bond donors (Lipinski definition) is 1. The predicted octanol–water partition coefficient (Wildman–Crippen LogP) is 3.23. The van der Waals surface area contributed by atoms with Crippen molar-refractivity contribution >= 4 is 29.1 Å². The zero-order valence-electron chi connectivity index (χ0n) is 10.3. The van der Waals surface area contributed by atoms with Crippen molar-refractivity contribution in [1.29, 1.82) is 0 Å². The number of carbonyl (C=O) groups excluding carboxylic acids is 1. The first-order valence-corrected chi connectivity index (χ1v) is 6.71. The molecule has 0 saturated carbocycles. The lowest BCUT2D eigenvalue weighted by molar-refractivity contribution is 0.0720. The summed E-state index contributed by atoms with van der Waals surface area (Å²) in [6, 6.07) is 4.97. The molecule has 0 atom stereocenters. The van der Waals surface area contributed by atoms with Crippen molar-refractivity contribution in [2.45, 2.75) is 19.8 Å². The molecular weight excluding hydrogens is 273 g/mol. The molecule has 100 valence electrons. The summed E-state index contributed by atoms with van der Waals surface area (Å²) >= 11 is 12.0. The molecule has 1 aromatic rings. The van der Waals surface area contributed by atoms with Gasteiger partial charge in [-0.15, -0.1) is 0 Å². The van der Waals surface area contributed by atoms with Gasteiger partial charge in [0, 0.05) is 13.1 Å². The van der Waals surface area contributed by atoms with Crippen LogP contribution in [0.2, 0.25) is 10.0 Å². The van der Waals surface area contributed by atoms with E-state index < -0.39 is 0 Å². The molecule has 5 heteroatoms. The first-order valence-electron chi connectivity index (χ1n) is 5.96. The molecular formula is C13H17Cl2NO2. The Morgan fingerprint density at radius 2 is 1.89 bits per heavy atom. The highest BCUT2D eigenvalue weighted by Crippen LogP contribution is 2.25. The van der Waals surface area contributed by atoms with Gasteiger partial charge in [0.05, 0.1) is 22.2 Å². The quantitative estimate of drug-likeness (QED) is 0.873. The Bertz CT molecular complexity index is 390. The van der Waals surface area contributed by atoms with Gasteiger partial charge < -0.3 is 10.0 Å². The highest BCUT2D eigenvalue weighted by molar-refractivity contribution is 6.39. The molecule has 0 fully saturated rings. The van der Waals surface area contributed by atoms with E-state index in [0.717, 1.165) is 12.8 Å². The number of carbonyl (C=O) groups is 1. The average Bonchev–Trinajstić information content (AvgIpc) is 2.34. The summed E-state index contributed by atoms with van der Waals surface area (Å²) in [6.45, 7) is 2.86. The summed E-state index contributed by atoms with van der Waals surface area (Å²) in [6.07, 6.45) is 1.86. The molecule has 1 aromatic carbocycles. The van der Waals surface area contributed by atoms with Crippen LogP contribution in [0.4, 0.5) is 0 Å². The Morgan fingerprint density at radius 3 is 2.39 bits per heavy atom. The number of hydrogen-bond acceptors (Lipinski definition) is 2. The fraction of sp³-hybridized carbons (Fsp3) is 0.462. The molecule has 0 heterocycles. The van der Waals surface area contributed by atoms with E-state index in [9.17, 15) is 4.79 Å². The number of halogens is 2. The number of aliphatic hydroxyl groups is 1. The zero-order chi connectivity index (χ0) is 13.5. The van der Waals surface area contributed by atoms with Crippen LogP contribution in [0.3, 0.4) is 0 Å². The van der Waals surface area contributed by atoms with Crippen LogP contribution < -0.4 is 0 Å². The van der Waals surface area contributed by atoms with E-state index in [4.69, 9.17) is 28.3 Å². The first-order chi connectivity index (χ1) is 8.61. The molecule has 1 N–H and O–H groups in total. The van der Waals surface area contributed by atoms with Crippen molar-refractivity contribution in [3.05, 3.63) is 33.8 Å². The van der Waals surface area contributed by atoms with Crippen molar-refractivity contribution < 1.29 is 9.90 Å². The van der Waals surface area contributed by atoms with Gasteiger partial charge in [-0.3, -0.25) is 4.79 Å². The Hall–Kier alpha value is -0.770. The summed E-state index contributed by atoms with van der Waals surface area (Å²) in [4.78, 5) is 13.9. The minimum Gasteiger partial charge on any atom is -0.395 e. The molecule has 0 aliphatic rings. The minimum absolute atomic E-state index is 0.0719. The molecule has 0 bridgehead atoms. The maximum Gasteiger partial charge on any atom is 0.256 e. The highest BCUT2D eigenvalue weighted by atomic mass is 35.5. The number of unbranched alkanes of at least 4 members (excludes halogenated alkanes) is 1. The Labute approximate surface area is 117 Å². The van der Waals surface area contributed by atoms with Crippen molar-refractivity contribution in [2.24, 2.45) is 0 Å². The summed E-state index contributed by atoms with van der Waals surface area (Å²) in [5, 5.41) is 9.69. The summed E-state index contributed by atoms with van der Waals surface area (Å²) in [5.41, 5.74) is 0.311. The number of amides is 1. The van der Waals surface area contributed by atoms with Gasteiger partial charge in [-0.2, -0.15) is 0 Å². The minimum atomic E-state index is -0.229. The molecule has 0 unspecified atom stereocenters. The van der Waals surface area contributed by atoms with Crippen LogP contribution in [0.1, 0.15) is 30.1 Å². The molecule has 0 aromatic heterocycles. The number of rotatable bonds is 6. The summed E-state index contributed by atoms with van der Waals surface area (Å²) in [5.74, 6) is -0.229. The Morgan fingerprint density at radius 1 is 1.28 bits per heavy atom. The van der Waals surface area contributed by atoms with E-state index in [2.05, 4.69) is 0 Å². The molecule has 18 heavy (non-hydrogen) atoms. The standard InChI is InChI=1S/C13H17Cl2NO2/c1-2-3-7-16(8-9-17)13(18)12-10(14)5-4-6-11(12)15/h4-6,17H,2-3,7-9H2,1H3. The molecule has 0 aliphatic heterocycles. The normalized spacial score (nSPS) is 10.4. The van der Waals surface area contributed by atoms with E-state index in [-0.39, 0.29) is 12.5 Å². The van der Waals surface area contributed by atoms with Gasteiger partial charge in [0.15, 0.2) is 0 Å². The van der Waals surface area contributed by atoms with Crippen LogP contribution >= 0.6 is 23.2 Å². The van der Waals surface area contributed by atoms with Crippen LogP contribution in [-0.4, -0.2) is 35.6 Å². The third kappa shape index (κ3) is 3.87. The maximum absolute atomic E-state index is 12.3. The lowest BCUT2D eigenvalue weighted by Crippen LogP contribution is -2.34. The topological polar surface area (TPSA) is 40.5 Å². The van der Waals surface area contributed by atoms with Gasteiger partial charge in [0.1, 0.15) is 0 Å². The fourth-order valence-electron chi connectivity index (χ4n) is 1.64. The third-order valence-corrected chi connectivity index (χ3v) is 3.25. The molecule has 0 saturated heterocycles. The van der Waals surface area contributed by atoms with Gasteiger partial charge in [-0.25, -0.2) is 0 Å². The van der Waals surface area contributed by atoms with Crippen molar-refractivity contribution in [3.8, 4) is 0 Å².